The molecule has 0 saturated carbocycles. The normalized spacial score (nSPS) is 16.8. The van der Waals surface area contributed by atoms with Crippen molar-refractivity contribution in [1.29, 1.82) is 0 Å². The highest BCUT2D eigenvalue weighted by Crippen LogP contribution is 2.38. The number of para-hydroxylation sites is 1. The third-order valence-corrected chi connectivity index (χ3v) is 3.83. The second-order valence-electron chi connectivity index (χ2n) is 5.18. The largest absolute Gasteiger partial charge is 0.330 e. The average molecular weight is 283 g/mol. The molecule has 3 rings (SSSR count). The van der Waals surface area contributed by atoms with E-state index in [9.17, 15) is 9.59 Å². The van der Waals surface area contributed by atoms with Crippen LogP contribution in [0.1, 0.15) is 28.4 Å². The Morgan fingerprint density at radius 3 is 2.81 bits per heavy atom. The van der Waals surface area contributed by atoms with Gasteiger partial charge >= 0.3 is 0 Å². The van der Waals surface area contributed by atoms with Crippen molar-refractivity contribution in [2.24, 2.45) is 5.73 Å². The number of aromatic amines is 1. The monoisotopic (exact) mass is 283 g/mol. The topological polar surface area (TPSA) is 79.2 Å². The first kappa shape index (κ1) is 13.6. The van der Waals surface area contributed by atoms with Gasteiger partial charge in [0, 0.05) is 24.2 Å². The van der Waals surface area contributed by atoms with Gasteiger partial charge in [0.2, 0.25) is 5.56 Å². The number of nitrogens with one attached hydrogen (secondary N) is 1. The number of hydrogen-bond donors (Lipinski definition) is 2. The highest BCUT2D eigenvalue weighted by atomic mass is 16.2. The van der Waals surface area contributed by atoms with Crippen LogP contribution in [0.25, 0.3) is 0 Å². The Morgan fingerprint density at radius 1 is 1.24 bits per heavy atom. The number of hydrogen-bond acceptors (Lipinski definition) is 3. The maximum Gasteiger partial charge on any atom is 0.274 e. The Morgan fingerprint density at radius 2 is 2.05 bits per heavy atom. The lowest BCUT2D eigenvalue weighted by atomic mass is 9.98. The van der Waals surface area contributed by atoms with Gasteiger partial charge in [-0.05, 0) is 30.7 Å². The van der Waals surface area contributed by atoms with Crippen molar-refractivity contribution in [2.75, 3.05) is 18.0 Å². The quantitative estimate of drug-likeness (QED) is 0.895. The number of anilines is 1. The fraction of sp³-hybridized carbons (Fsp3) is 0.250. The molecule has 3 N–H and O–H groups in total. The number of rotatable bonds is 3. The predicted molar refractivity (Wildman–Crippen MR) is 81.6 cm³/mol. The summed E-state index contributed by atoms with van der Waals surface area (Å²) in [5.41, 5.74) is 7.76. The highest BCUT2D eigenvalue weighted by molar-refractivity contribution is 6.06. The number of nitrogens with zero attached hydrogens (tertiary/aromatic N) is 1. The van der Waals surface area contributed by atoms with Crippen molar-refractivity contribution < 1.29 is 4.79 Å². The SMILES string of the molecule is NCCC1CN(C(=O)c2cccc(=O)[nH]2)c2ccccc21. The maximum atomic E-state index is 12.6. The van der Waals surface area contributed by atoms with Crippen LogP contribution in [0.15, 0.2) is 47.3 Å². The molecule has 1 aliphatic rings. The Balaban J connectivity index is 1.96. The molecule has 21 heavy (non-hydrogen) atoms. The van der Waals surface area contributed by atoms with Crippen LogP contribution in [0.5, 0.6) is 0 Å². The minimum atomic E-state index is -0.271. The zero-order valence-electron chi connectivity index (χ0n) is 11.6. The van der Waals surface area contributed by atoms with E-state index < -0.39 is 0 Å². The molecule has 0 radical (unpaired) electrons. The number of carbonyl (C=O) groups excluding carboxylic acids is 1. The molecule has 1 aliphatic heterocycles. The minimum absolute atomic E-state index is 0.181. The van der Waals surface area contributed by atoms with E-state index >= 15 is 0 Å². The number of H-pyrrole nitrogens is 1. The fourth-order valence-corrected chi connectivity index (χ4v) is 2.85. The Labute approximate surface area is 122 Å². The van der Waals surface area contributed by atoms with Crippen molar-refractivity contribution in [2.45, 2.75) is 12.3 Å². The Hall–Kier alpha value is -2.40. The molecule has 5 nitrogen and oxygen atoms in total. The van der Waals surface area contributed by atoms with Crippen molar-refractivity contribution in [1.82, 2.24) is 4.98 Å². The van der Waals surface area contributed by atoms with Crippen molar-refractivity contribution in [3.8, 4) is 0 Å². The van der Waals surface area contributed by atoms with Crippen molar-refractivity contribution >= 4 is 11.6 Å². The molecule has 108 valence electrons. The third kappa shape index (κ3) is 2.48. The highest BCUT2D eigenvalue weighted by Gasteiger charge is 2.32. The summed E-state index contributed by atoms with van der Waals surface area (Å²) in [5.74, 6) is 0.0743. The van der Waals surface area contributed by atoms with Crippen LogP contribution >= 0.6 is 0 Å². The summed E-state index contributed by atoms with van der Waals surface area (Å²) < 4.78 is 0. The van der Waals surface area contributed by atoms with E-state index in [1.807, 2.05) is 24.3 Å². The molecular weight excluding hydrogens is 266 g/mol. The van der Waals surface area contributed by atoms with Gasteiger partial charge in [0.1, 0.15) is 5.69 Å². The van der Waals surface area contributed by atoms with Gasteiger partial charge in [0.25, 0.3) is 5.91 Å². The van der Waals surface area contributed by atoms with Gasteiger partial charge in [-0.15, -0.1) is 0 Å². The lowest BCUT2D eigenvalue weighted by Gasteiger charge is -2.17. The van der Waals surface area contributed by atoms with Gasteiger partial charge in [-0.3, -0.25) is 9.59 Å². The zero-order valence-corrected chi connectivity index (χ0v) is 11.6. The standard InChI is InChI=1S/C16H17N3O2/c17-9-8-11-10-19(14-6-2-1-4-12(11)14)16(21)13-5-3-7-15(20)18-13/h1-7,11H,8-10,17H2,(H,18,20). The van der Waals surface area contributed by atoms with E-state index in [0.29, 0.717) is 18.8 Å². The smallest absolute Gasteiger partial charge is 0.274 e. The number of fused-ring (bicyclic) bond motifs is 1. The Bertz CT molecular complexity index is 723. The van der Waals surface area contributed by atoms with Crippen molar-refractivity contribution in [3.05, 3.63) is 64.1 Å². The molecule has 0 spiro atoms. The van der Waals surface area contributed by atoms with Gasteiger partial charge < -0.3 is 15.6 Å². The van der Waals surface area contributed by atoms with E-state index in [1.54, 1.807) is 17.0 Å². The molecule has 2 heterocycles. The van der Waals surface area contributed by atoms with Crippen LogP contribution < -0.4 is 16.2 Å². The van der Waals surface area contributed by atoms with Crippen LogP contribution in [-0.2, 0) is 0 Å². The number of aromatic nitrogens is 1. The van der Waals surface area contributed by atoms with Gasteiger partial charge in [0.15, 0.2) is 0 Å². The molecule has 5 heteroatoms. The lowest BCUT2D eigenvalue weighted by Crippen LogP contribution is -2.31. The molecule has 0 fully saturated rings. The van der Waals surface area contributed by atoms with Crippen LogP contribution in [0, 0.1) is 0 Å². The Kier molecular flexibility index (Phi) is 3.58. The third-order valence-electron chi connectivity index (χ3n) is 3.83. The number of benzene rings is 1. The molecule has 0 aliphatic carbocycles. The van der Waals surface area contributed by atoms with E-state index in [1.165, 1.54) is 6.07 Å². The number of pyridine rings is 1. The van der Waals surface area contributed by atoms with Crippen LogP contribution in [0.2, 0.25) is 0 Å². The second kappa shape index (κ2) is 5.54. The molecule has 1 amide bonds. The molecule has 1 aromatic carbocycles. The van der Waals surface area contributed by atoms with Crippen molar-refractivity contribution in [3.63, 3.8) is 0 Å². The van der Waals surface area contributed by atoms with E-state index in [2.05, 4.69) is 4.98 Å². The number of carbonyl (C=O) groups is 1. The molecule has 0 bridgehead atoms. The first-order valence-corrected chi connectivity index (χ1v) is 7.01. The summed E-state index contributed by atoms with van der Waals surface area (Å²) in [6, 6.07) is 12.5. The molecule has 1 atom stereocenters. The van der Waals surface area contributed by atoms with Crippen LogP contribution in [0.4, 0.5) is 5.69 Å². The molecular formula is C16H17N3O2. The summed E-state index contributed by atoms with van der Waals surface area (Å²) in [5, 5.41) is 0. The second-order valence-corrected chi connectivity index (χ2v) is 5.18. The molecule has 2 aromatic rings. The molecule has 0 saturated heterocycles. The van der Waals surface area contributed by atoms with Gasteiger partial charge in [-0.2, -0.15) is 0 Å². The number of amides is 1. The van der Waals surface area contributed by atoms with Crippen LogP contribution in [0.3, 0.4) is 0 Å². The molecule has 1 aromatic heterocycles. The van der Waals surface area contributed by atoms with E-state index in [4.69, 9.17) is 5.73 Å². The van der Waals surface area contributed by atoms with Gasteiger partial charge in [0.05, 0.1) is 0 Å². The number of nitrogens with two attached hydrogens (primary N) is 1. The fourth-order valence-electron chi connectivity index (χ4n) is 2.85. The van der Waals surface area contributed by atoms with Gasteiger partial charge in [-0.25, -0.2) is 0 Å². The molecule has 1 unspecified atom stereocenters. The predicted octanol–water partition coefficient (Wildman–Crippen LogP) is 1.47. The summed E-state index contributed by atoms with van der Waals surface area (Å²) in [4.78, 5) is 28.3. The van der Waals surface area contributed by atoms with E-state index in [0.717, 1.165) is 17.7 Å². The lowest BCUT2D eigenvalue weighted by molar-refractivity contribution is 0.0983. The summed E-state index contributed by atoms with van der Waals surface area (Å²) in [6.45, 7) is 1.19. The summed E-state index contributed by atoms with van der Waals surface area (Å²) in [6.07, 6.45) is 0.839. The van der Waals surface area contributed by atoms with Gasteiger partial charge in [-0.1, -0.05) is 24.3 Å². The first-order valence-electron chi connectivity index (χ1n) is 7.01. The summed E-state index contributed by atoms with van der Waals surface area (Å²) >= 11 is 0. The first-order chi connectivity index (χ1) is 10.2. The summed E-state index contributed by atoms with van der Waals surface area (Å²) in [7, 11) is 0. The average Bonchev–Trinajstić information content (AvgIpc) is 2.86. The van der Waals surface area contributed by atoms with E-state index in [-0.39, 0.29) is 17.4 Å². The zero-order chi connectivity index (χ0) is 14.8. The van der Waals surface area contributed by atoms with Crippen LogP contribution in [-0.4, -0.2) is 24.0 Å². The maximum absolute atomic E-state index is 12.6. The minimum Gasteiger partial charge on any atom is -0.330 e.